The molecule has 1 amide bonds. The first kappa shape index (κ1) is 20.0. The number of amides is 1. The predicted octanol–water partition coefficient (Wildman–Crippen LogP) is 3.65. The third kappa shape index (κ3) is 3.91. The van der Waals surface area contributed by atoms with Gasteiger partial charge in [0.25, 0.3) is 15.9 Å². The molecule has 0 fully saturated rings. The van der Waals surface area contributed by atoms with E-state index in [4.69, 9.17) is 0 Å². The minimum atomic E-state index is -3.83. The molecular weight excluding hydrogens is 410 g/mol. The van der Waals surface area contributed by atoms with Gasteiger partial charge in [-0.25, -0.2) is 17.2 Å². The summed E-state index contributed by atoms with van der Waals surface area (Å²) >= 11 is 0. The summed E-state index contributed by atoms with van der Waals surface area (Å²) in [6, 6.07) is 16.0. The number of nitrogens with zero attached hydrogens (tertiary/aromatic N) is 1. The topological polar surface area (TPSA) is 66.5 Å². The van der Waals surface area contributed by atoms with E-state index in [-0.39, 0.29) is 22.6 Å². The Morgan fingerprint density at radius 3 is 2.47 bits per heavy atom. The van der Waals surface area contributed by atoms with E-state index in [0.717, 1.165) is 23.8 Å². The number of fused-ring (bicyclic) bond motifs is 1. The quantitative estimate of drug-likeness (QED) is 0.675. The second-order valence-corrected chi connectivity index (χ2v) is 8.81. The maximum atomic E-state index is 13.3. The van der Waals surface area contributed by atoms with Gasteiger partial charge in [0.1, 0.15) is 11.6 Å². The fourth-order valence-corrected chi connectivity index (χ4v) is 5.03. The highest BCUT2D eigenvalue weighted by Crippen LogP contribution is 2.32. The molecule has 0 spiro atoms. The Kier molecular flexibility index (Phi) is 5.26. The summed E-state index contributed by atoms with van der Waals surface area (Å²) in [6.07, 6.45) is 0.625. The van der Waals surface area contributed by atoms with Gasteiger partial charge in [-0.2, -0.15) is 0 Å². The van der Waals surface area contributed by atoms with Crippen molar-refractivity contribution in [1.29, 1.82) is 0 Å². The highest BCUT2D eigenvalue weighted by molar-refractivity contribution is 7.92. The number of sulfonamides is 1. The fraction of sp³-hybridized carbons (Fsp3) is 0.136. The maximum absolute atomic E-state index is 13.3. The van der Waals surface area contributed by atoms with Gasteiger partial charge in [0.05, 0.1) is 10.6 Å². The molecule has 1 aliphatic heterocycles. The number of carbonyl (C=O) groups is 1. The minimum Gasteiger partial charge on any atom is -0.348 e. The number of hydrogen-bond acceptors (Lipinski definition) is 3. The van der Waals surface area contributed by atoms with Gasteiger partial charge in [0.2, 0.25) is 0 Å². The van der Waals surface area contributed by atoms with E-state index in [1.54, 1.807) is 12.1 Å². The zero-order chi connectivity index (χ0) is 21.3. The van der Waals surface area contributed by atoms with Crippen molar-refractivity contribution in [3.8, 4) is 0 Å². The molecule has 5 nitrogen and oxygen atoms in total. The first-order valence-electron chi connectivity index (χ1n) is 9.28. The number of hydrogen-bond donors (Lipinski definition) is 1. The Balaban J connectivity index is 1.54. The number of para-hydroxylation sites is 1. The van der Waals surface area contributed by atoms with E-state index in [0.29, 0.717) is 18.7 Å². The first-order chi connectivity index (χ1) is 14.3. The molecule has 1 aliphatic rings. The van der Waals surface area contributed by atoms with Crippen LogP contribution in [0.2, 0.25) is 0 Å². The summed E-state index contributed by atoms with van der Waals surface area (Å²) in [5, 5.41) is 2.55. The second kappa shape index (κ2) is 7.87. The molecule has 154 valence electrons. The average Bonchev–Trinajstić information content (AvgIpc) is 3.16. The van der Waals surface area contributed by atoms with Gasteiger partial charge in [-0.3, -0.25) is 9.10 Å². The lowest BCUT2D eigenvalue weighted by atomic mass is 10.2. The molecule has 0 aliphatic carbocycles. The smallest absolute Gasteiger partial charge is 0.264 e. The van der Waals surface area contributed by atoms with Gasteiger partial charge in [-0.15, -0.1) is 0 Å². The van der Waals surface area contributed by atoms with Crippen molar-refractivity contribution >= 4 is 21.6 Å². The summed E-state index contributed by atoms with van der Waals surface area (Å²) in [6.45, 7) is 0.243. The molecule has 0 aromatic heterocycles. The van der Waals surface area contributed by atoms with E-state index in [1.165, 1.54) is 28.6 Å². The van der Waals surface area contributed by atoms with E-state index < -0.39 is 27.6 Å². The summed E-state index contributed by atoms with van der Waals surface area (Å²) in [4.78, 5) is 12.5. The summed E-state index contributed by atoms with van der Waals surface area (Å²) in [5.41, 5.74) is 2.00. The molecule has 0 saturated heterocycles. The van der Waals surface area contributed by atoms with Gasteiger partial charge in [0, 0.05) is 24.7 Å². The monoisotopic (exact) mass is 428 g/mol. The van der Waals surface area contributed by atoms with Crippen LogP contribution in [0, 0.1) is 11.6 Å². The van der Waals surface area contributed by atoms with Gasteiger partial charge in [-0.05, 0) is 53.9 Å². The summed E-state index contributed by atoms with van der Waals surface area (Å²) in [7, 11) is -3.83. The molecule has 0 atom stereocenters. The van der Waals surface area contributed by atoms with E-state index >= 15 is 0 Å². The molecule has 4 rings (SSSR count). The molecule has 30 heavy (non-hydrogen) atoms. The third-order valence-corrected chi connectivity index (χ3v) is 6.71. The Morgan fingerprint density at radius 2 is 1.70 bits per heavy atom. The van der Waals surface area contributed by atoms with E-state index in [1.807, 2.05) is 12.1 Å². The Labute approximate surface area is 173 Å². The Morgan fingerprint density at radius 1 is 0.967 bits per heavy atom. The number of benzene rings is 3. The van der Waals surface area contributed by atoms with Crippen LogP contribution in [-0.2, 0) is 23.0 Å². The Hall–Kier alpha value is -3.26. The van der Waals surface area contributed by atoms with Gasteiger partial charge in [0.15, 0.2) is 0 Å². The standard InChI is InChI=1S/C22H18F2N2O3S/c23-18-10-15(11-19(24)13-18)14-25-22(27)17-5-3-6-20(12-17)30(28,29)26-9-8-16-4-1-2-7-21(16)26/h1-7,10-13H,8-9,14H2,(H,25,27). The van der Waals surface area contributed by atoms with Crippen molar-refractivity contribution in [2.45, 2.75) is 17.9 Å². The van der Waals surface area contributed by atoms with Crippen LogP contribution in [0.5, 0.6) is 0 Å². The number of carbonyl (C=O) groups excluding carboxylic acids is 1. The van der Waals surface area contributed by atoms with E-state index in [2.05, 4.69) is 5.32 Å². The fourth-order valence-electron chi connectivity index (χ4n) is 3.48. The van der Waals surface area contributed by atoms with Crippen LogP contribution in [0.4, 0.5) is 14.5 Å². The SMILES string of the molecule is O=C(NCc1cc(F)cc(F)c1)c1cccc(S(=O)(=O)N2CCc3ccccc32)c1. The molecule has 0 radical (unpaired) electrons. The van der Waals surface area contributed by atoms with Crippen molar-refractivity contribution in [3.05, 3.63) is 95.1 Å². The third-order valence-electron chi connectivity index (χ3n) is 4.90. The van der Waals surface area contributed by atoms with Crippen LogP contribution in [0.25, 0.3) is 0 Å². The summed E-state index contributed by atoms with van der Waals surface area (Å²) in [5.74, 6) is -2.02. The van der Waals surface area contributed by atoms with Crippen molar-refractivity contribution in [2.24, 2.45) is 0 Å². The zero-order valence-corrected chi connectivity index (χ0v) is 16.6. The first-order valence-corrected chi connectivity index (χ1v) is 10.7. The van der Waals surface area contributed by atoms with E-state index in [9.17, 15) is 22.0 Å². The summed E-state index contributed by atoms with van der Waals surface area (Å²) < 4.78 is 54.2. The highest BCUT2D eigenvalue weighted by atomic mass is 32.2. The lowest BCUT2D eigenvalue weighted by Gasteiger charge is -2.20. The number of anilines is 1. The second-order valence-electron chi connectivity index (χ2n) is 6.94. The number of nitrogens with one attached hydrogen (secondary N) is 1. The van der Waals surface area contributed by atoms with Crippen molar-refractivity contribution in [2.75, 3.05) is 10.8 Å². The average molecular weight is 428 g/mol. The molecule has 1 heterocycles. The maximum Gasteiger partial charge on any atom is 0.264 e. The van der Waals surface area contributed by atoms with Crippen LogP contribution in [-0.4, -0.2) is 20.9 Å². The van der Waals surface area contributed by atoms with Crippen LogP contribution in [0.3, 0.4) is 0 Å². The van der Waals surface area contributed by atoms with Crippen LogP contribution < -0.4 is 9.62 Å². The minimum absolute atomic E-state index is 0.00338. The highest BCUT2D eigenvalue weighted by Gasteiger charge is 2.30. The van der Waals surface area contributed by atoms with Crippen LogP contribution in [0.15, 0.2) is 71.6 Å². The van der Waals surface area contributed by atoms with Crippen molar-refractivity contribution in [3.63, 3.8) is 0 Å². The van der Waals surface area contributed by atoms with Crippen LogP contribution >= 0.6 is 0 Å². The van der Waals surface area contributed by atoms with Gasteiger partial charge in [-0.1, -0.05) is 24.3 Å². The molecule has 3 aromatic rings. The molecule has 1 N–H and O–H groups in total. The zero-order valence-electron chi connectivity index (χ0n) is 15.8. The molecule has 0 bridgehead atoms. The number of rotatable bonds is 5. The van der Waals surface area contributed by atoms with Crippen molar-refractivity contribution in [1.82, 2.24) is 5.32 Å². The van der Waals surface area contributed by atoms with Gasteiger partial charge < -0.3 is 5.32 Å². The molecule has 0 unspecified atom stereocenters. The molecule has 0 saturated carbocycles. The van der Waals surface area contributed by atoms with Crippen molar-refractivity contribution < 1.29 is 22.0 Å². The Bertz CT molecular complexity index is 1210. The van der Waals surface area contributed by atoms with Crippen LogP contribution in [0.1, 0.15) is 21.5 Å². The normalized spacial score (nSPS) is 13.2. The molecular formula is C22H18F2N2O3S. The lowest BCUT2D eigenvalue weighted by Crippen LogP contribution is -2.29. The number of halogens is 2. The largest absolute Gasteiger partial charge is 0.348 e. The van der Waals surface area contributed by atoms with Gasteiger partial charge >= 0.3 is 0 Å². The molecule has 3 aromatic carbocycles. The molecule has 8 heteroatoms. The predicted molar refractivity (Wildman–Crippen MR) is 109 cm³/mol. The lowest BCUT2D eigenvalue weighted by molar-refractivity contribution is 0.0950.